The van der Waals surface area contributed by atoms with E-state index in [1.165, 1.54) is 13.4 Å². The first kappa shape index (κ1) is 19.6. The van der Waals surface area contributed by atoms with Crippen molar-refractivity contribution in [3.63, 3.8) is 0 Å². The zero-order valence-corrected chi connectivity index (χ0v) is 15.6. The van der Waals surface area contributed by atoms with Crippen molar-refractivity contribution in [1.82, 2.24) is 15.5 Å². The van der Waals surface area contributed by atoms with Crippen LogP contribution in [0.25, 0.3) is 0 Å². The SMILES string of the molecule is COC(=O)C(Cc1ccccc1)NC(=O)C1CN(C(=O)c2ccco2)CCN1. The molecule has 0 bridgehead atoms. The van der Waals surface area contributed by atoms with Gasteiger partial charge in [0.2, 0.25) is 5.91 Å². The van der Waals surface area contributed by atoms with Crippen LogP contribution in [0.3, 0.4) is 0 Å². The number of ether oxygens (including phenoxy) is 1. The predicted octanol–water partition coefficient (Wildman–Crippen LogP) is 0.594. The van der Waals surface area contributed by atoms with E-state index < -0.39 is 18.1 Å². The lowest BCUT2D eigenvalue weighted by atomic mass is 10.1. The van der Waals surface area contributed by atoms with Crippen LogP contribution in [-0.2, 0) is 20.7 Å². The van der Waals surface area contributed by atoms with Crippen molar-refractivity contribution in [2.24, 2.45) is 0 Å². The Kier molecular flexibility index (Phi) is 6.44. The highest BCUT2D eigenvalue weighted by Gasteiger charge is 2.32. The summed E-state index contributed by atoms with van der Waals surface area (Å²) in [5.74, 6) is -0.907. The number of carbonyl (C=O) groups is 3. The molecule has 8 nitrogen and oxygen atoms in total. The smallest absolute Gasteiger partial charge is 0.328 e. The maximum absolute atomic E-state index is 12.7. The van der Waals surface area contributed by atoms with E-state index in [0.717, 1.165) is 5.56 Å². The van der Waals surface area contributed by atoms with E-state index in [1.807, 2.05) is 30.3 Å². The summed E-state index contributed by atoms with van der Waals surface area (Å²) in [5.41, 5.74) is 0.907. The van der Waals surface area contributed by atoms with Gasteiger partial charge in [-0.2, -0.15) is 0 Å². The van der Waals surface area contributed by atoms with Crippen LogP contribution in [0.15, 0.2) is 53.1 Å². The quantitative estimate of drug-likeness (QED) is 0.706. The Balaban J connectivity index is 1.63. The summed E-state index contributed by atoms with van der Waals surface area (Å²) in [7, 11) is 1.29. The molecule has 0 spiro atoms. The van der Waals surface area contributed by atoms with Crippen LogP contribution in [-0.4, -0.2) is 61.5 Å². The third-order valence-electron chi connectivity index (χ3n) is 4.60. The molecule has 2 heterocycles. The van der Waals surface area contributed by atoms with Gasteiger partial charge in [0.05, 0.1) is 13.4 Å². The van der Waals surface area contributed by atoms with Gasteiger partial charge >= 0.3 is 5.97 Å². The summed E-state index contributed by atoms with van der Waals surface area (Å²) in [5, 5.41) is 5.83. The number of methoxy groups -OCH3 is 1. The number of nitrogens with zero attached hydrogens (tertiary/aromatic N) is 1. The van der Waals surface area contributed by atoms with Crippen LogP contribution in [0.2, 0.25) is 0 Å². The molecule has 1 aliphatic rings. The summed E-state index contributed by atoms with van der Waals surface area (Å²) >= 11 is 0. The number of amides is 2. The second-order valence-electron chi connectivity index (χ2n) is 6.51. The molecule has 2 amide bonds. The molecule has 148 valence electrons. The molecule has 28 heavy (non-hydrogen) atoms. The van der Waals surface area contributed by atoms with Crippen molar-refractivity contribution in [3.05, 3.63) is 60.1 Å². The highest BCUT2D eigenvalue weighted by molar-refractivity contribution is 5.93. The van der Waals surface area contributed by atoms with Crippen LogP contribution in [0.4, 0.5) is 0 Å². The number of nitrogens with one attached hydrogen (secondary N) is 2. The van der Waals surface area contributed by atoms with Gasteiger partial charge in [-0.3, -0.25) is 9.59 Å². The number of esters is 1. The Labute approximate surface area is 162 Å². The van der Waals surface area contributed by atoms with Gasteiger partial charge in [0, 0.05) is 26.1 Å². The van der Waals surface area contributed by atoms with Crippen LogP contribution >= 0.6 is 0 Å². The zero-order valence-electron chi connectivity index (χ0n) is 15.6. The van der Waals surface area contributed by atoms with E-state index in [1.54, 1.807) is 17.0 Å². The first-order chi connectivity index (χ1) is 13.6. The zero-order chi connectivity index (χ0) is 19.9. The van der Waals surface area contributed by atoms with E-state index in [-0.39, 0.29) is 24.1 Å². The Morgan fingerprint density at radius 1 is 1.25 bits per heavy atom. The summed E-state index contributed by atoms with van der Waals surface area (Å²) < 4.78 is 9.98. The molecule has 1 fully saturated rings. The maximum atomic E-state index is 12.7. The van der Waals surface area contributed by atoms with Gasteiger partial charge in [-0.15, -0.1) is 0 Å². The molecule has 2 unspecified atom stereocenters. The standard InChI is InChI=1S/C20H23N3O5/c1-27-20(26)15(12-14-6-3-2-4-7-14)22-18(24)16-13-23(10-9-21-16)19(25)17-8-5-11-28-17/h2-8,11,15-16,21H,9-10,12-13H2,1H3,(H,22,24). The number of furan rings is 1. The topological polar surface area (TPSA) is 101 Å². The lowest BCUT2D eigenvalue weighted by Crippen LogP contribution is -2.60. The van der Waals surface area contributed by atoms with Crippen LogP contribution in [0.5, 0.6) is 0 Å². The molecule has 3 rings (SSSR count). The Morgan fingerprint density at radius 3 is 2.71 bits per heavy atom. The van der Waals surface area contributed by atoms with Crippen LogP contribution in [0, 0.1) is 0 Å². The van der Waals surface area contributed by atoms with E-state index in [4.69, 9.17) is 9.15 Å². The van der Waals surface area contributed by atoms with Gasteiger partial charge in [-0.1, -0.05) is 30.3 Å². The van der Waals surface area contributed by atoms with Gasteiger partial charge in [-0.25, -0.2) is 4.79 Å². The van der Waals surface area contributed by atoms with E-state index in [9.17, 15) is 14.4 Å². The van der Waals surface area contributed by atoms with Crippen molar-refractivity contribution >= 4 is 17.8 Å². The third kappa shape index (κ3) is 4.77. The van der Waals surface area contributed by atoms with Crippen LogP contribution in [0.1, 0.15) is 16.1 Å². The predicted molar refractivity (Wildman–Crippen MR) is 100 cm³/mol. The van der Waals surface area contributed by atoms with E-state index in [2.05, 4.69) is 10.6 Å². The molecule has 2 aromatic rings. The minimum Gasteiger partial charge on any atom is -0.467 e. The van der Waals surface area contributed by atoms with Crippen molar-refractivity contribution < 1.29 is 23.5 Å². The monoisotopic (exact) mass is 385 g/mol. The minimum atomic E-state index is -0.808. The van der Waals surface area contributed by atoms with Gasteiger partial charge in [-0.05, 0) is 17.7 Å². The van der Waals surface area contributed by atoms with E-state index in [0.29, 0.717) is 19.5 Å². The van der Waals surface area contributed by atoms with Crippen molar-refractivity contribution in [1.29, 1.82) is 0 Å². The van der Waals surface area contributed by atoms with Crippen molar-refractivity contribution in [2.45, 2.75) is 18.5 Å². The number of hydrogen-bond donors (Lipinski definition) is 2. The second kappa shape index (κ2) is 9.18. The number of hydrogen-bond acceptors (Lipinski definition) is 6. The molecule has 1 saturated heterocycles. The summed E-state index contributed by atoms with van der Waals surface area (Å²) in [6, 6.07) is 11.2. The number of rotatable bonds is 6. The minimum absolute atomic E-state index is 0.185. The third-order valence-corrected chi connectivity index (χ3v) is 4.60. The second-order valence-corrected chi connectivity index (χ2v) is 6.51. The number of benzene rings is 1. The lowest BCUT2D eigenvalue weighted by molar-refractivity contribution is -0.145. The lowest BCUT2D eigenvalue weighted by Gasteiger charge is -2.33. The number of piperazine rings is 1. The normalized spacial score (nSPS) is 17.6. The summed E-state index contributed by atoms with van der Waals surface area (Å²) in [6.45, 7) is 1.12. The molecule has 0 radical (unpaired) electrons. The molecule has 2 atom stereocenters. The first-order valence-corrected chi connectivity index (χ1v) is 9.06. The molecule has 0 saturated carbocycles. The highest BCUT2D eigenvalue weighted by atomic mass is 16.5. The molecule has 1 aromatic carbocycles. The Morgan fingerprint density at radius 2 is 2.04 bits per heavy atom. The largest absolute Gasteiger partial charge is 0.467 e. The molecule has 0 aliphatic carbocycles. The Bertz CT molecular complexity index is 807. The molecule has 8 heteroatoms. The molecule has 2 N–H and O–H groups in total. The molecule has 1 aliphatic heterocycles. The van der Waals surface area contributed by atoms with Gasteiger partial charge in [0.25, 0.3) is 5.91 Å². The fourth-order valence-corrected chi connectivity index (χ4v) is 3.12. The van der Waals surface area contributed by atoms with Crippen LogP contribution < -0.4 is 10.6 Å². The highest BCUT2D eigenvalue weighted by Crippen LogP contribution is 2.10. The number of carbonyl (C=O) groups excluding carboxylic acids is 3. The van der Waals surface area contributed by atoms with Gasteiger partial charge in [0.15, 0.2) is 5.76 Å². The molecular weight excluding hydrogens is 362 g/mol. The summed E-state index contributed by atoms with van der Waals surface area (Å²) in [4.78, 5) is 38.9. The molecule has 1 aromatic heterocycles. The fraction of sp³-hybridized carbons (Fsp3) is 0.350. The average Bonchev–Trinajstić information content (AvgIpc) is 3.28. The summed E-state index contributed by atoms with van der Waals surface area (Å²) in [6.07, 6.45) is 1.76. The van der Waals surface area contributed by atoms with E-state index >= 15 is 0 Å². The average molecular weight is 385 g/mol. The van der Waals surface area contributed by atoms with Gasteiger partial charge in [0.1, 0.15) is 12.1 Å². The molecular formula is C20H23N3O5. The van der Waals surface area contributed by atoms with Gasteiger partial charge < -0.3 is 24.7 Å². The fourth-order valence-electron chi connectivity index (χ4n) is 3.12. The first-order valence-electron chi connectivity index (χ1n) is 9.06. The Hall–Kier alpha value is -3.13. The maximum Gasteiger partial charge on any atom is 0.328 e. The van der Waals surface area contributed by atoms with Crippen molar-refractivity contribution in [3.8, 4) is 0 Å². The van der Waals surface area contributed by atoms with Crippen molar-refractivity contribution in [2.75, 3.05) is 26.7 Å².